The number of aryl methyl sites for hydroxylation is 2. The summed E-state index contributed by atoms with van der Waals surface area (Å²) in [5, 5.41) is 5.24. The summed E-state index contributed by atoms with van der Waals surface area (Å²) in [5.41, 5.74) is 4.49. The molecule has 2 heterocycles. The monoisotopic (exact) mass is 285 g/mol. The van der Waals surface area contributed by atoms with E-state index in [1.54, 1.807) is 6.20 Å². The van der Waals surface area contributed by atoms with E-state index in [1.165, 1.54) is 16.5 Å². The lowest BCUT2D eigenvalue weighted by molar-refractivity contribution is 0.955. The minimum atomic E-state index is 0.556. The number of hydrogen-bond donors (Lipinski definition) is 1. The van der Waals surface area contributed by atoms with Gasteiger partial charge in [0.15, 0.2) is 0 Å². The molecule has 0 radical (unpaired) electrons. The van der Waals surface area contributed by atoms with Crippen molar-refractivity contribution in [2.24, 2.45) is 7.05 Å². The summed E-state index contributed by atoms with van der Waals surface area (Å²) < 4.78 is 2.15. The molecule has 0 aliphatic carbocycles. The van der Waals surface area contributed by atoms with Crippen molar-refractivity contribution in [2.45, 2.75) is 13.5 Å². The molecule has 4 heteroatoms. The van der Waals surface area contributed by atoms with E-state index in [1.807, 2.05) is 13.0 Å². The molecule has 0 aliphatic rings. The Morgan fingerprint density at radius 2 is 2.10 bits per heavy atom. The zero-order valence-electron chi connectivity index (χ0n) is 11.5. The van der Waals surface area contributed by atoms with Crippen LogP contribution in [0.2, 0.25) is 5.15 Å². The van der Waals surface area contributed by atoms with E-state index in [0.29, 0.717) is 5.15 Å². The van der Waals surface area contributed by atoms with Crippen LogP contribution in [0.5, 0.6) is 0 Å². The fourth-order valence-corrected chi connectivity index (χ4v) is 2.52. The number of aromatic nitrogens is 2. The Morgan fingerprint density at radius 3 is 2.90 bits per heavy atom. The number of rotatable bonds is 3. The Bertz CT molecular complexity index is 762. The summed E-state index contributed by atoms with van der Waals surface area (Å²) in [5.74, 6) is 0. The molecule has 102 valence electrons. The first-order chi connectivity index (χ1) is 9.65. The molecular formula is C16H16ClN3. The fraction of sp³-hybridized carbons (Fsp3) is 0.188. The zero-order valence-corrected chi connectivity index (χ0v) is 12.3. The molecule has 0 fully saturated rings. The largest absolute Gasteiger partial charge is 0.380 e. The van der Waals surface area contributed by atoms with Crippen molar-refractivity contribution >= 4 is 28.2 Å². The smallest absolute Gasteiger partial charge is 0.132 e. The number of benzene rings is 1. The molecule has 3 nitrogen and oxygen atoms in total. The molecule has 0 aliphatic heterocycles. The van der Waals surface area contributed by atoms with Crippen LogP contribution < -0.4 is 5.32 Å². The first-order valence-electron chi connectivity index (χ1n) is 6.54. The molecule has 1 N–H and O–H groups in total. The number of anilines is 1. The maximum absolute atomic E-state index is 5.94. The van der Waals surface area contributed by atoms with Crippen molar-refractivity contribution in [3.63, 3.8) is 0 Å². The summed E-state index contributed by atoms with van der Waals surface area (Å²) in [4.78, 5) is 4.16. The number of halogens is 1. The van der Waals surface area contributed by atoms with E-state index in [0.717, 1.165) is 17.8 Å². The number of fused-ring (bicyclic) bond motifs is 1. The number of nitrogens with one attached hydrogen (secondary N) is 1. The molecule has 3 aromatic rings. The topological polar surface area (TPSA) is 29.9 Å². The van der Waals surface area contributed by atoms with Gasteiger partial charge in [0.05, 0.1) is 11.9 Å². The molecule has 0 saturated heterocycles. The van der Waals surface area contributed by atoms with E-state index in [9.17, 15) is 0 Å². The van der Waals surface area contributed by atoms with E-state index >= 15 is 0 Å². The highest BCUT2D eigenvalue weighted by Crippen LogP contribution is 2.22. The summed E-state index contributed by atoms with van der Waals surface area (Å²) >= 11 is 5.94. The third-order valence-electron chi connectivity index (χ3n) is 3.48. The van der Waals surface area contributed by atoms with Crippen LogP contribution in [0.4, 0.5) is 5.69 Å². The van der Waals surface area contributed by atoms with Crippen LogP contribution in [-0.4, -0.2) is 9.55 Å². The number of para-hydroxylation sites is 1. The van der Waals surface area contributed by atoms with Gasteiger partial charge in [-0.1, -0.05) is 29.8 Å². The lowest BCUT2D eigenvalue weighted by Crippen LogP contribution is -2.00. The van der Waals surface area contributed by atoms with Crippen molar-refractivity contribution < 1.29 is 0 Å². The standard InChI is InChI=1S/C16H16ClN3/c1-11-7-13(9-19-16(11)17)18-8-12-10-20(2)15-6-4-3-5-14(12)15/h3-7,9-10,18H,8H2,1-2H3. The van der Waals surface area contributed by atoms with Gasteiger partial charge in [0.2, 0.25) is 0 Å². The first kappa shape index (κ1) is 13.0. The van der Waals surface area contributed by atoms with Gasteiger partial charge in [-0.05, 0) is 30.2 Å². The molecule has 0 atom stereocenters. The average Bonchev–Trinajstić information content (AvgIpc) is 2.78. The molecule has 1 aromatic carbocycles. The Labute approximate surface area is 123 Å². The molecule has 0 amide bonds. The lowest BCUT2D eigenvalue weighted by atomic mass is 10.2. The molecule has 3 rings (SSSR count). The fourth-order valence-electron chi connectivity index (χ4n) is 2.42. The Hall–Kier alpha value is -2.00. The van der Waals surface area contributed by atoms with Crippen LogP contribution in [0.25, 0.3) is 10.9 Å². The summed E-state index contributed by atoms with van der Waals surface area (Å²) in [6.07, 6.45) is 3.92. The summed E-state index contributed by atoms with van der Waals surface area (Å²) in [7, 11) is 2.07. The van der Waals surface area contributed by atoms with Gasteiger partial charge in [-0.25, -0.2) is 4.98 Å². The van der Waals surface area contributed by atoms with Crippen molar-refractivity contribution in [3.05, 3.63) is 59.0 Å². The molecule has 0 saturated carbocycles. The van der Waals surface area contributed by atoms with Crippen LogP contribution in [0, 0.1) is 6.92 Å². The SMILES string of the molecule is Cc1cc(NCc2cn(C)c3ccccc23)cnc1Cl. The summed E-state index contributed by atoms with van der Waals surface area (Å²) in [6, 6.07) is 10.4. The maximum atomic E-state index is 5.94. The van der Waals surface area contributed by atoms with Crippen molar-refractivity contribution in [1.29, 1.82) is 0 Å². The van der Waals surface area contributed by atoms with Gasteiger partial charge >= 0.3 is 0 Å². The van der Waals surface area contributed by atoms with E-state index in [2.05, 4.69) is 52.4 Å². The van der Waals surface area contributed by atoms with Gasteiger partial charge in [0.25, 0.3) is 0 Å². The Kier molecular flexibility index (Phi) is 3.36. The Balaban J connectivity index is 1.85. The van der Waals surface area contributed by atoms with Gasteiger partial charge < -0.3 is 9.88 Å². The van der Waals surface area contributed by atoms with Crippen LogP contribution in [0.1, 0.15) is 11.1 Å². The zero-order chi connectivity index (χ0) is 14.1. The molecule has 20 heavy (non-hydrogen) atoms. The average molecular weight is 286 g/mol. The van der Waals surface area contributed by atoms with Gasteiger partial charge in [0, 0.05) is 30.7 Å². The van der Waals surface area contributed by atoms with Crippen LogP contribution >= 0.6 is 11.6 Å². The highest BCUT2D eigenvalue weighted by atomic mass is 35.5. The second-order valence-electron chi connectivity index (χ2n) is 4.97. The summed E-state index contributed by atoms with van der Waals surface area (Å²) in [6.45, 7) is 2.72. The highest BCUT2D eigenvalue weighted by Gasteiger charge is 2.06. The minimum absolute atomic E-state index is 0.556. The quantitative estimate of drug-likeness (QED) is 0.733. The van der Waals surface area contributed by atoms with E-state index < -0.39 is 0 Å². The predicted molar refractivity (Wildman–Crippen MR) is 84.2 cm³/mol. The maximum Gasteiger partial charge on any atom is 0.132 e. The molecular weight excluding hydrogens is 270 g/mol. The predicted octanol–water partition coefficient (Wildman–Crippen LogP) is 4.15. The first-order valence-corrected chi connectivity index (χ1v) is 6.92. The second kappa shape index (κ2) is 5.17. The lowest BCUT2D eigenvalue weighted by Gasteiger charge is -2.06. The van der Waals surface area contributed by atoms with Crippen molar-refractivity contribution in [1.82, 2.24) is 9.55 Å². The number of nitrogens with zero attached hydrogens (tertiary/aromatic N) is 2. The third kappa shape index (κ3) is 2.37. The molecule has 0 spiro atoms. The molecule has 2 aromatic heterocycles. The van der Waals surface area contributed by atoms with Gasteiger partial charge in [0.1, 0.15) is 5.15 Å². The molecule has 0 unspecified atom stereocenters. The highest BCUT2D eigenvalue weighted by molar-refractivity contribution is 6.30. The van der Waals surface area contributed by atoms with Gasteiger partial charge in [-0.2, -0.15) is 0 Å². The minimum Gasteiger partial charge on any atom is -0.380 e. The van der Waals surface area contributed by atoms with Gasteiger partial charge in [-0.15, -0.1) is 0 Å². The van der Waals surface area contributed by atoms with Crippen LogP contribution in [0.15, 0.2) is 42.7 Å². The molecule has 0 bridgehead atoms. The van der Waals surface area contributed by atoms with Gasteiger partial charge in [-0.3, -0.25) is 0 Å². The number of hydrogen-bond acceptors (Lipinski definition) is 2. The van der Waals surface area contributed by atoms with Crippen LogP contribution in [-0.2, 0) is 13.6 Å². The normalized spacial score (nSPS) is 10.9. The van der Waals surface area contributed by atoms with Crippen molar-refractivity contribution in [3.8, 4) is 0 Å². The van der Waals surface area contributed by atoms with E-state index in [4.69, 9.17) is 11.6 Å². The van der Waals surface area contributed by atoms with Crippen molar-refractivity contribution in [2.75, 3.05) is 5.32 Å². The van der Waals surface area contributed by atoms with E-state index in [-0.39, 0.29) is 0 Å². The number of pyridine rings is 1. The Morgan fingerprint density at radius 1 is 1.30 bits per heavy atom. The van der Waals surface area contributed by atoms with Crippen LogP contribution in [0.3, 0.4) is 0 Å². The second-order valence-corrected chi connectivity index (χ2v) is 5.33. The third-order valence-corrected chi connectivity index (χ3v) is 3.87.